The molecule has 0 heterocycles. The number of nitrogens with one attached hydrogen (secondary N) is 1. The highest BCUT2D eigenvalue weighted by Gasteiger charge is 2.38. The van der Waals surface area contributed by atoms with Crippen molar-refractivity contribution in [3.05, 3.63) is 0 Å². The summed E-state index contributed by atoms with van der Waals surface area (Å²) in [5.74, 6) is 4.21. The Balaban J connectivity index is 1.60. The van der Waals surface area contributed by atoms with E-state index in [1.54, 1.807) is 25.7 Å². The van der Waals surface area contributed by atoms with E-state index >= 15 is 0 Å². The highest BCUT2D eigenvalue weighted by Crippen LogP contribution is 2.45. The molecule has 3 rings (SSSR count). The lowest BCUT2D eigenvalue weighted by Gasteiger charge is -2.43. The predicted molar refractivity (Wildman–Crippen MR) is 86.8 cm³/mol. The van der Waals surface area contributed by atoms with Crippen LogP contribution in [-0.2, 0) is 0 Å². The zero-order chi connectivity index (χ0) is 13.8. The highest BCUT2D eigenvalue weighted by atomic mass is 14.9. The first kappa shape index (κ1) is 14.9. The second-order valence-corrected chi connectivity index (χ2v) is 7.90. The van der Waals surface area contributed by atoms with Gasteiger partial charge in [0.05, 0.1) is 0 Å². The van der Waals surface area contributed by atoms with Crippen molar-refractivity contribution >= 4 is 0 Å². The molecule has 0 aromatic heterocycles. The lowest BCUT2D eigenvalue weighted by Crippen LogP contribution is -2.45. The third kappa shape index (κ3) is 3.40. The van der Waals surface area contributed by atoms with Gasteiger partial charge in [-0.25, -0.2) is 0 Å². The van der Waals surface area contributed by atoms with Gasteiger partial charge < -0.3 is 5.32 Å². The first-order valence-corrected chi connectivity index (χ1v) is 9.62. The van der Waals surface area contributed by atoms with Crippen LogP contribution in [0.5, 0.6) is 0 Å². The number of hydrogen-bond donors (Lipinski definition) is 1. The Morgan fingerprint density at radius 2 is 1.50 bits per heavy atom. The Morgan fingerprint density at radius 1 is 0.800 bits per heavy atom. The minimum atomic E-state index is 0.861. The molecule has 3 aliphatic rings. The Labute approximate surface area is 126 Å². The molecular formula is C19H35N. The lowest BCUT2D eigenvalue weighted by atomic mass is 9.64. The topological polar surface area (TPSA) is 12.0 Å². The van der Waals surface area contributed by atoms with Crippen LogP contribution in [0.3, 0.4) is 0 Å². The van der Waals surface area contributed by atoms with Gasteiger partial charge in [-0.3, -0.25) is 0 Å². The zero-order valence-corrected chi connectivity index (χ0v) is 13.6. The van der Waals surface area contributed by atoms with E-state index in [2.05, 4.69) is 12.2 Å². The minimum Gasteiger partial charge on any atom is -0.313 e. The number of hydrogen-bond acceptors (Lipinski definition) is 1. The molecule has 0 radical (unpaired) electrons. The quantitative estimate of drug-likeness (QED) is 0.732. The second-order valence-electron chi connectivity index (χ2n) is 7.90. The van der Waals surface area contributed by atoms with Crippen LogP contribution >= 0.6 is 0 Å². The van der Waals surface area contributed by atoms with E-state index in [1.807, 2.05) is 0 Å². The summed E-state index contributed by atoms with van der Waals surface area (Å²) in [6, 6.07) is 0.861. The fourth-order valence-electron chi connectivity index (χ4n) is 5.58. The van der Waals surface area contributed by atoms with Gasteiger partial charge in [-0.2, -0.15) is 0 Å². The van der Waals surface area contributed by atoms with Crippen molar-refractivity contribution in [1.29, 1.82) is 0 Å². The van der Waals surface area contributed by atoms with Gasteiger partial charge in [0.2, 0.25) is 0 Å². The molecule has 0 aromatic carbocycles. The zero-order valence-electron chi connectivity index (χ0n) is 13.6. The van der Waals surface area contributed by atoms with Crippen LogP contribution in [0.25, 0.3) is 0 Å². The van der Waals surface area contributed by atoms with Crippen LogP contribution in [-0.4, -0.2) is 12.6 Å². The maximum atomic E-state index is 3.98. The minimum absolute atomic E-state index is 0.861. The largest absolute Gasteiger partial charge is 0.313 e. The Kier molecular flexibility index (Phi) is 5.42. The van der Waals surface area contributed by atoms with Crippen LogP contribution in [0.15, 0.2) is 0 Å². The molecule has 1 N–H and O–H groups in total. The first-order chi connectivity index (χ1) is 9.88. The Bertz CT molecular complexity index is 281. The average molecular weight is 277 g/mol. The van der Waals surface area contributed by atoms with Crippen molar-refractivity contribution in [3.8, 4) is 0 Å². The maximum absolute atomic E-state index is 3.98. The van der Waals surface area contributed by atoms with Crippen LogP contribution in [0.4, 0.5) is 0 Å². The maximum Gasteiger partial charge on any atom is 0.0124 e. The van der Waals surface area contributed by atoms with Gasteiger partial charge in [-0.15, -0.1) is 0 Å². The molecule has 0 aliphatic heterocycles. The van der Waals surface area contributed by atoms with E-state index in [-0.39, 0.29) is 0 Å². The first-order valence-electron chi connectivity index (χ1n) is 9.62. The third-order valence-corrected chi connectivity index (χ3v) is 6.63. The summed E-state index contributed by atoms with van der Waals surface area (Å²) in [7, 11) is 0. The van der Waals surface area contributed by atoms with Crippen molar-refractivity contribution in [2.45, 2.75) is 90.0 Å². The third-order valence-electron chi connectivity index (χ3n) is 6.63. The fourth-order valence-corrected chi connectivity index (χ4v) is 5.58. The van der Waals surface area contributed by atoms with Gasteiger partial charge >= 0.3 is 0 Å². The summed E-state index contributed by atoms with van der Waals surface area (Å²) in [5, 5.41) is 3.98. The molecule has 0 aromatic rings. The van der Waals surface area contributed by atoms with Crippen molar-refractivity contribution in [3.63, 3.8) is 0 Å². The second kappa shape index (κ2) is 7.29. The summed E-state index contributed by atoms with van der Waals surface area (Å²) in [6.07, 6.45) is 18.1. The van der Waals surface area contributed by atoms with Crippen LogP contribution < -0.4 is 5.32 Å². The molecular weight excluding hydrogens is 242 g/mol. The summed E-state index contributed by atoms with van der Waals surface area (Å²) in [4.78, 5) is 0. The molecule has 0 bridgehead atoms. The van der Waals surface area contributed by atoms with Gasteiger partial charge in [0.1, 0.15) is 0 Å². The molecule has 116 valence electrons. The summed E-state index contributed by atoms with van der Waals surface area (Å²) in [6.45, 7) is 3.56. The molecule has 0 amide bonds. The Hall–Kier alpha value is -0.0400. The molecule has 4 unspecified atom stereocenters. The van der Waals surface area contributed by atoms with Crippen molar-refractivity contribution in [2.75, 3.05) is 6.54 Å². The molecule has 1 nitrogen and oxygen atoms in total. The summed E-state index contributed by atoms with van der Waals surface area (Å²) >= 11 is 0. The van der Waals surface area contributed by atoms with E-state index in [4.69, 9.17) is 0 Å². The molecule has 3 aliphatic carbocycles. The standard InChI is InChI=1S/C19H35N/c1-2-13-20-19(16-8-4-5-9-16)18-12-11-15-7-3-6-10-17(15)14-18/h15-20H,2-14H2,1H3. The monoisotopic (exact) mass is 277 g/mol. The number of fused-ring (bicyclic) bond motifs is 1. The molecule has 20 heavy (non-hydrogen) atoms. The van der Waals surface area contributed by atoms with Crippen molar-refractivity contribution < 1.29 is 0 Å². The molecule has 0 spiro atoms. The highest BCUT2D eigenvalue weighted by molar-refractivity contribution is 4.92. The molecule has 4 atom stereocenters. The summed E-state index contributed by atoms with van der Waals surface area (Å²) in [5.41, 5.74) is 0. The van der Waals surface area contributed by atoms with Crippen molar-refractivity contribution in [2.24, 2.45) is 23.7 Å². The Morgan fingerprint density at radius 3 is 2.25 bits per heavy atom. The van der Waals surface area contributed by atoms with E-state index in [1.165, 1.54) is 57.9 Å². The SMILES string of the molecule is CCCNC(C1CCCC1)C1CCC2CCCCC2C1. The predicted octanol–water partition coefficient (Wildman–Crippen LogP) is 5.15. The van der Waals surface area contributed by atoms with Gasteiger partial charge in [0.15, 0.2) is 0 Å². The van der Waals surface area contributed by atoms with Crippen molar-refractivity contribution in [1.82, 2.24) is 5.32 Å². The van der Waals surface area contributed by atoms with E-state index in [0.29, 0.717) is 0 Å². The van der Waals surface area contributed by atoms with Crippen LogP contribution in [0, 0.1) is 23.7 Å². The molecule has 3 saturated carbocycles. The summed E-state index contributed by atoms with van der Waals surface area (Å²) < 4.78 is 0. The van der Waals surface area contributed by atoms with E-state index in [9.17, 15) is 0 Å². The van der Waals surface area contributed by atoms with E-state index < -0.39 is 0 Å². The average Bonchev–Trinajstić information content (AvgIpc) is 3.02. The number of rotatable bonds is 5. The molecule has 1 heteroatoms. The van der Waals surface area contributed by atoms with Gasteiger partial charge in [-0.05, 0) is 68.7 Å². The van der Waals surface area contributed by atoms with Crippen LogP contribution in [0.1, 0.15) is 84.0 Å². The van der Waals surface area contributed by atoms with E-state index in [0.717, 1.165) is 29.7 Å². The lowest BCUT2D eigenvalue weighted by molar-refractivity contribution is 0.0935. The van der Waals surface area contributed by atoms with Gasteiger partial charge in [-0.1, -0.05) is 45.4 Å². The molecule has 3 fully saturated rings. The smallest absolute Gasteiger partial charge is 0.0124 e. The fraction of sp³-hybridized carbons (Fsp3) is 1.00. The van der Waals surface area contributed by atoms with Crippen LogP contribution in [0.2, 0.25) is 0 Å². The molecule has 0 saturated heterocycles. The van der Waals surface area contributed by atoms with Gasteiger partial charge in [0, 0.05) is 6.04 Å². The normalized spacial score (nSPS) is 36.8. The van der Waals surface area contributed by atoms with Gasteiger partial charge in [0.25, 0.3) is 0 Å².